The lowest BCUT2D eigenvalue weighted by atomic mass is 10.3. The van der Waals surface area contributed by atoms with Gasteiger partial charge in [-0.1, -0.05) is 0 Å². The predicted molar refractivity (Wildman–Crippen MR) is 95.6 cm³/mol. The molecule has 0 aliphatic heterocycles. The standard InChI is InChI=1S/C16H14F2N4O2S2/c1-10-15(25-9-21-10)8-20-16-5-3-12(7-19-16)26(23,24)22-11-2-4-13(17)14(18)6-11/h2-7,9,22H,8H2,1H3,(H,19,20). The van der Waals surface area contributed by atoms with Gasteiger partial charge in [-0.25, -0.2) is 27.2 Å². The molecule has 26 heavy (non-hydrogen) atoms. The van der Waals surface area contributed by atoms with E-state index in [1.165, 1.54) is 29.7 Å². The van der Waals surface area contributed by atoms with Gasteiger partial charge in [0.1, 0.15) is 10.7 Å². The topological polar surface area (TPSA) is 84.0 Å². The van der Waals surface area contributed by atoms with Gasteiger partial charge in [-0.15, -0.1) is 11.3 Å². The lowest BCUT2D eigenvalue weighted by Gasteiger charge is -2.09. The van der Waals surface area contributed by atoms with E-state index in [-0.39, 0.29) is 10.6 Å². The quantitative estimate of drug-likeness (QED) is 0.666. The second-order valence-corrected chi connectivity index (χ2v) is 7.95. The number of thiazole rings is 1. The Morgan fingerprint density at radius 2 is 1.92 bits per heavy atom. The van der Waals surface area contributed by atoms with Gasteiger partial charge in [0.15, 0.2) is 11.6 Å². The average molecular weight is 396 g/mol. The summed E-state index contributed by atoms with van der Waals surface area (Å²) in [6, 6.07) is 5.65. The first-order valence-electron chi connectivity index (χ1n) is 7.42. The molecule has 0 unspecified atom stereocenters. The molecule has 3 rings (SSSR count). The van der Waals surface area contributed by atoms with Crippen LogP contribution in [0.1, 0.15) is 10.6 Å². The molecule has 2 N–H and O–H groups in total. The number of nitrogens with one attached hydrogen (secondary N) is 2. The van der Waals surface area contributed by atoms with Crippen LogP contribution in [0.4, 0.5) is 20.3 Å². The summed E-state index contributed by atoms with van der Waals surface area (Å²) in [5, 5.41) is 3.08. The molecule has 0 atom stereocenters. The summed E-state index contributed by atoms with van der Waals surface area (Å²) >= 11 is 1.51. The fraction of sp³-hybridized carbons (Fsp3) is 0.125. The molecule has 136 valence electrons. The fourth-order valence-corrected chi connectivity index (χ4v) is 3.79. The fourth-order valence-electron chi connectivity index (χ4n) is 2.08. The number of aryl methyl sites for hydroxylation is 1. The molecule has 0 fully saturated rings. The Bertz CT molecular complexity index is 1020. The van der Waals surface area contributed by atoms with Gasteiger partial charge in [-0.2, -0.15) is 0 Å². The van der Waals surface area contributed by atoms with Crippen LogP contribution in [0, 0.1) is 18.6 Å². The number of nitrogens with zero attached hydrogens (tertiary/aromatic N) is 2. The molecule has 2 aromatic heterocycles. The van der Waals surface area contributed by atoms with Gasteiger partial charge in [0, 0.05) is 17.1 Å². The molecular formula is C16H14F2N4O2S2. The Hall–Kier alpha value is -2.59. The van der Waals surface area contributed by atoms with Gasteiger partial charge in [-0.3, -0.25) is 4.72 Å². The number of anilines is 2. The van der Waals surface area contributed by atoms with Crippen molar-refractivity contribution >= 4 is 32.9 Å². The van der Waals surface area contributed by atoms with Crippen molar-refractivity contribution in [1.82, 2.24) is 9.97 Å². The number of aromatic nitrogens is 2. The maximum Gasteiger partial charge on any atom is 0.263 e. The van der Waals surface area contributed by atoms with Crippen LogP contribution in [-0.4, -0.2) is 18.4 Å². The number of benzene rings is 1. The number of sulfonamides is 1. The maximum atomic E-state index is 13.2. The monoisotopic (exact) mass is 396 g/mol. The van der Waals surface area contributed by atoms with E-state index in [1.807, 2.05) is 6.92 Å². The van der Waals surface area contributed by atoms with Crippen LogP contribution >= 0.6 is 11.3 Å². The number of rotatable bonds is 6. The van der Waals surface area contributed by atoms with E-state index < -0.39 is 21.7 Å². The third-order valence-corrected chi connectivity index (χ3v) is 5.79. The summed E-state index contributed by atoms with van der Waals surface area (Å²) in [6.45, 7) is 2.43. The van der Waals surface area contributed by atoms with E-state index in [0.717, 1.165) is 28.8 Å². The Labute approximate surface area is 153 Å². The molecule has 0 saturated heterocycles. The molecule has 2 heterocycles. The number of hydrogen-bond donors (Lipinski definition) is 2. The van der Waals surface area contributed by atoms with Crippen molar-refractivity contribution in [3.63, 3.8) is 0 Å². The van der Waals surface area contributed by atoms with E-state index in [1.54, 1.807) is 5.51 Å². The highest BCUT2D eigenvalue weighted by Crippen LogP contribution is 2.19. The minimum Gasteiger partial charge on any atom is -0.365 e. The van der Waals surface area contributed by atoms with Gasteiger partial charge < -0.3 is 5.32 Å². The van der Waals surface area contributed by atoms with E-state index in [4.69, 9.17) is 0 Å². The molecule has 0 bridgehead atoms. The third kappa shape index (κ3) is 4.14. The zero-order valence-electron chi connectivity index (χ0n) is 13.5. The van der Waals surface area contributed by atoms with Crippen molar-refractivity contribution in [2.45, 2.75) is 18.4 Å². The van der Waals surface area contributed by atoms with Gasteiger partial charge >= 0.3 is 0 Å². The Morgan fingerprint density at radius 3 is 2.54 bits per heavy atom. The molecule has 10 heteroatoms. The first-order chi connectivity index (χ1) is 12.3. The van der Waals surface area contributed by atoms with Gasteiger partial charge in [0.2, 0.25) is 0 Å². The number of hydrogen-bond acceptors (Lipinski definition) is 6. The van der Waals surface area contributed by atoms with Crippen LogP contribution in [0.25, 0.3) is 0 Å². The second kappa shape index (κ2) is 7.34. The van der Waals surface area contributed by atoms with Crippen molar-refractivity contribution < 1.29 is 17.2 Å². The summed E-state index contributed by atoms with van der Waals surface area (Å²) in [4.78, 5) is 9.18. The maximum absolute atomic E-state index is 13.2. The van der Waals surface area contributed by atoms with Crippen LogP contribution in [0.2, 0.25) is 0 Å². The summed E-state index contributed by atoms with van der Waals surface area (Å²) in [5.41, 5.74) is 2.60. The molecule has 0 aliphatic carbocycles. The number of pyridine rings is 1. The second-order valence-electron chi connectivity index (χ2n) is 5.33. The molecule has 0 aliphatic rings. The van der Waals surface area contributed by atoms with Gasteiger partial charge in [0.05, 0.1) is 23.4 Å². The summed E-state index contributed by atoms with van der Waals surface area (Å²) in [7, 11) is -3.96. The molecule has 0 saturated carbocycles. The first-order valence-corrected chi connectivity index (χ1v) is 9.78. The van der Waals surface area contributed by atoms with Crippen molar-refractivity contribution in [3.05, 3.63) is 64.2 Å². The lowest BCUT2D eigenvalue weighted by Crippen LogP contribution is -2.13. The van der Waals surface area contributed by atoms with Crippen LogP contribution in [-0.2, 0) is 16.6 Å². The van der Waals surface area contributed by atoms with Crippen LogP contribution in [0.3, 0.4) is 0 Å². The van der Waals surface area contributed by atoms with Crippen LogP contribution in [0.5, 0.6) is 0 Å². The highest BCUT2D eigenvalue weighted by molar-refractivity contribution is 7.92. The van der Waals surface area contributed by atoms with E-state index >= 15 is 0 Å². The normalized spacial score (nSPS) is 11.3. The number of halogens is 2. The molecule has 6 nitrogen and oxygen atoms in total. The first kappa shape index (κ1) is 18.2. The van der Waals surface area contributed by atoms with Crippen molar-refractivity contribution in [2.75, 3.05) is 10.0 Å². The zero-order chi connectivity index (χ0) is 18.7. The lowest BCUT2D eigenvalue weighted by molar-refractivity contribution is 0.509. The molecular weight excluding hydrogens is 382 g/mol. The largest absolute Gasteiger partial charge is 0.365 e. The van der Waals surface area contributed by atoms with E-state index in [2.05, 4.69) is 20.0 Å². The predicted octanol–water partition coefficient (Wildman–Crippen LogP) is 3.54. The minimum atomic E-state index is -3.96. The van der Waals surface area contributed by atoms with Crippen LogP contribution < -0.4 is 10.0 Å². The summed E-state index contributed by atoms with van der Waals surface area (Å²) < 4.78 is 52.9. The highest BCUT2D eigenvalue weighted by atomic mass is 32.2. The molecule has 0 spiro atoms. The SMILES string of the molecule is Cc1ncsc1CNc1ccc(S(=O)(=O)Nc2ccc(F)c(F)c2)cn1. The molecule has 0 radical (unpaired) electrons. The highest BCUT2D eigenvalue weighted by Gasteiger charge is 2.16. The Kier molecular flexibility index (Phi) is 5.14. The van der Waals surface area contributed by atoms with Gasteiger partial charge in [-0.05, 0) is 31.2 Å². The summed E-state index contributed by atoms with van der Waals surface area (Å²) in [6.07, 6.45) is 1.18. The molecule has 1 aromatic carbocycles. The smallest absolute Gasteiger partial charge is 0.263 e. The zero-order valence-corrected chi connectivity index (χ0v) is 15.2. The minimum absolute atomic E-state index is 0.0771. The average Bonchev–Trinajstić information content (AvgIpc) is 3.01. The van der Waals surface area contributed by atoms with Crippen molar-refractivity contribution in [3.8, 4) is 0 Å². The van der Waals surface area contributed by atoms with Crippen LogP contribution in [0.15, 0.2) is 46.9 Å². The Morgan fingerprint density at radius 1 is 1.12 bits per heavy atom. The van der Waals surface area contributed by atoms with E-state index in [0.29, 0.717) is 12.4 Å². The molecule has 0 amide bonds. The Balaban J connectivity index is 1.70. The van der Waals surface area contributed by atoms with Crippen molar-refractivity contribution in [1.29, 1.82) is 0 Å². The molecule has 3 aromatic rings. The third-order valence-electron chi connectivity index (χ3n) is 3.49. The summed E-state index contributed by atoms with van der Waals surface area (Å²) in [5.74, 6) is -1.69. The van der Waals surface area contributed by atoms with Gasteiger partial charge in [0.25, 0.3) is 10.0 Å². The van der Waals surface area contributed by atoms with E-state index in [9.17, 15) is 17.2 Å². The van der Waals surface area contributed by atoms with Crippen molar-refractivity contribution in [2.24, 2.45) is 0 Å².